The maximum absolute atomic E-state index is 12.7. The molecular weight excluding hydrogens is 448 g/mol. The number of thiophene rings is 1. The highest BCUT2D eigenvalue weighted by Gasteiger charge is 2.29. The molecular formula is C24H19ClN2O4S. The summed E-state index contributed by atoms with van der Waals surface area (Å²) in [5, 5.41) is 13.4. The third-order valence-electron chi connectivity index (χ3n) is 5.13. The molecule has 0 atom stereocenters. The highest BCUT2D eigenvalue weighted by molar-refractivity contribution is 7.17. The van der Waals surface area contributed by atoms with Crippen LogP contribution in [-0.4, -0.2) is 34.3 Å². The first-order chi connectivity index (χ1) is 15.4. The van der Waals surface area contributed by atoms with E-state index in [0.29, 0.717) is 40.7 Å². The fourth-order valence-electron chi connectivity index (χ4n) is 3.52. The van der Waals surface area contributed by atoms with E-state index in [9.17, 15) is 19.5 Å². The van der Waals surface area contributed by atoms with E-state index in [1.165, 1.54) is 17.4 Å². The minimum atomic E-state index is -1.09. The molecule has 1 aromatic heterocycles. The van der Waals surface area contributed by atoms with Gasteiger partial charge in [0.2, 0.25) is 5.91 Å². The number of hydrogen-bond donors (Lipinski definition) is 2. The Labute approximate surface area is 193 Å². The van der Waals surface area contributed by atoms with E-state index >= 15 is 0 Å². The van der Waals surface area contributed by atoms with Crippen LogP contribution >= 0.6 is 22.9 Å². The monoisotopic (exact) mass is 466 g/mol. The number of amides is 2. The molecule has 0 fully saturated rings. The van der Waals surface area contributed by atoms with Crippen molar-refractivity contribution in [2.45, 2.75) is 13.0 Å². The fourth-order valence-corrected chi connectivity index (χ4v) is 4.89. The molecule has 0 unspecified atom stereocenters. The smallest absolute Gasteiger partial charge is 0.339 e. The minimum absolute atomic E-state index is 0.109. The van der Waals surface area contributed by atoms with Crippen LogP contribution in [-0.2, 0) is 17.8 Å². The van der Waals surface area contributed by atoms with E-state index in [0.717, 1.165) is 10.4 Å². The van der Waals surface area contributed by atoms with Crippen molar-refractivity contribution >= 4 is 51.8 Å². The first kappa shape index (κ1) is 21.8. The topological polar surface area (TPSA) is 86.7 Å². The number of carbonyl (C=O) groups is 3. The molecule has 8 heteroatoms. The van der Waals surface area contributed by atoms with Crippen molar-refractivity contribution in [2.24, 2.45) is 0 Å². The van der Waals surface area contributed by atoms with Crippen molar-refractivity contribution in [3.05, 3.63) is 92.8 Å². The van der Waals surface area contributed by atoms with Crippen LogP contribution in [0.3, 0.4) is 0 Å². The Kier molecular flexibility index (Phi) is 6.39. The lowest BCUT2D eigenvalue weighted by atomic mass is 10.0. The van der Waals surface area contributed by atoms with E-state index in [4.69, 9.17) is 11.6 Å². The van der Waals surface area contributed by atoms with Crippen molar-refractivity contribution in [1.82, 2.24) is 4.90 Å². The summed E-state index contributed by atoms with van der Waals surface area (Å²) in [7, 11) is 0. The molecule has 2 N–H and O–H groups in total. The second kappa shape index (κ2) is 9.38. The summed E-state index contributed by atoms with van der Waals surface area (Å²) in [5.74, 6) is -1.62. The van der Waals surface area contributed by atoms with Gasteiger partial charge in [-0.1, -0.05) is 41.9 Å². The second-order valence-electron chi connectivity index (χ2n) is 7.23. The quantitative estimate of drug-likeness (QED) is 0.521. The fraction of sp³-hybridized carbons (Fsp3) is 0.125. The molecule has 0 bridgehead atoms. The lowest BCUT2D eigenvalue weighted by Gasteiger charge is -2.26. The summed E-state index contributed by atoms with van der Waals surface area (Å²) >= 11 is 7.09. The van der Waals surface area contributed by atoms with E-state index in [1.54, 1.807) is 53.4 Å². The van der Waals surface area contributed by atoms with Gasteiger partial charge in [0.05, 0.1) is 12.1 Å². The molecule has 2 amide bonds. The molecule has 0 saturated heterocycles. The molecule has 1 aliphatic heterocycles. The van der Waals surface area contributed by atoms with Gasteiger partial charge >= 0.3 is 5.97 Å². The van der Waals surface area contributed by atoms with Gasteiger partial charge in [0.15, 0.2) is 0 Å². The number of halogens is 1. The van der Waals surface area contributed by atoms with Crippen LogP contribution < -0.4 is 5.32 Å². The number of nitrogens with one attached hydrogen (secondary N) is 1. The molecule has 6 nitrogen and oxygen atoms in total. The Morgan fingerprint density at radius 1 is 1.06 bits per heavy atom. The van der Waals surface area contributed by atoms with Crippen LogP contribution in [0.1, 0.15) is 36.7 Å². The molecule has 162 valence electrons. The molecule has 1 aliphatic rings. The SMILES string of the molecule is O=C(Nc1sc2c(c1C(=O)O)CCN(C(=O)C=Cc1ccc(Cl)cc1)C2)c1ccccc1. The summed E-state index contributed by atoms with van der Waals surface area (Å²) in [6.07, 6.45) is 3.63. The van der Waals surface area contributed by atoms with Gasteiger partial charge in [0.25, 0.3) is 5.91 Å². The minimum Gasteiger partial charge on any atom is -0.478 e. The number of aromatic carboxylic acids is 1. The molecule has 0 aliphatic carbocycles. The van der Waals surface area contributed by atoms with Crippen molar-refractivity contribution in [2.75, 3.05) is 11.9 Å². The zero-order valence-electron chi connectivity index (χ0n) is 16.9. The molecule has 32 heavy (non-hydrogen) atoms. The zero-order valence-corrected chi connectivity index (χ0v) is 18.4. The van der Waals surface area contributed by atoms with Crippen LogP contribution in [0.4, 0.5) is 5.00 Å². The molecule has 2 aromatic carbocycles. The third kappa shape index (κ3) is 4.74. The summed E-state index contributed by atoms with van der Waals surface area (Å²) < 4.78 is 0. The lowest BCUT2D eigenvalue weighted by Crippen LogP contribution is -2.34. The molecule has 0 saturated carbocycles. The average molecular weight is 467 g/mol. The number of carboxylic acids is 1. The molecule has 2 heterocycles. The van der Waals surface area contributed by atoms with Gasteiger partial charge in [0.1, 0.15) is 5.00 Å². The van der Waals surface area contributed by atoms with Gasteiger partial charge in [-0.3, -0.25) is 9.59 Å². The van der Waals surface area contributed by atoms with Gasteiger partial charge in [-0.2, -0.15) is 0 Å². The van der Waals surface area contributed by atoms with Crippen molar-refractivity contribution in [3.63, 3.8) is 0 Å². The summed E-state index contributed by atoms with van der Waals surface area (Å²) in [6.45, 7) is 0.700. The van der Waals surface area contributed by atoms with Gasteiger partial charge in [-0.25, -0.2) is 4.79 Å². The van der Waals surface area contributed by atoms with E-state index in [-0.39, 0.29) is 17.4 Å². The number of nitrogens with zero attached hydrogens (tertiary/aromatic N) is 1. The van der Waals surface area contributed by atoms with Crippen molar-refractivity contribution in [3.8, 4) is 0 Å². The largest absolute Gasteiger partial charge is 0.478 e. The van der Waals surface area contributed by atoms with Gasteiger partial charge < -0.3 is 15.3 Å². The standard InChI is InChI=1S/C24H19ClN2O4S/c25-17-9-6-15(7-10-17)8-11-20(28)27-13-12-18-19(14-27)32-23(21(18)24(30)31)26-22(29)16-4-2-1-3-5-16/h1-11H,12-14H2,(H,26,29)(H,30,31). The molecule has 0 radical (unpaired) electrons. The van der Waals surface area contributed by atoms with Crippen LogP contribution in [0.5, 0.6) is 0 Å². The predicted molar refractivity (Wildman–Crippen MR) is 125 cm³/mol. The Morgan fingerprint density at radius 3 is 2.47 bits per heavy atom. The molecule has 3 aromatic rings. The maximum atomic E-state index is 12.7. The Bertz CT molecular complexity index is 1200. The number of carboxylic acid groups (broad SMARTS) is 1. The number of fused-ring (bicyclic) bond motifs is 1. The van der Waals surface area contributed by atoms with Crippen molar-refractivity contribution in [1.29, 1.82) is 0 Å². The first-order valence-corrected chi connectivity index (χ1v) is 11.1. The van der Waals surface area contributed by atoms with E-state index < -0.39 is 5.97 Å². The maximum Gasteiger partial charge on any atom is 0.339 e. The average Bonchev–Trinajstić information content (AvgIpc) is 3.16. The Balaban J connectivity index is 1.52. The van der Waals surface area contributed by atoms with E-state index in [2.05, 4.69) is 5.32 Å². The Hall–Kier alpha value is -3.42. The number of benzene rings is 2. The normalized spacial score (nSPS) is 13.1. The summed E-state index contributed by atoms with van der Waals surface area (Å²) in [6, 6.07) is 15.8. The van der Waals surface area contributed by atoms with Gasteiger partial charge in [-0.15, -0.1) is 11.3 Å². The number of carbonyl (C=O) groups excluding carboxylic acids is 2. The molecule has 4 rings (SSSR count). The van der Waals surface area contributed by atoms with Crippen LogP contribution in [0.15, 0.2) is 60.7 Å². The number of hydrogen-bond acceptors (Lipinski definition) is 4. The van der Waals surface area contributed by atoms with Crippen molar-refractivity contribution < 1.29 is 19.5 Å². The van der Waals surface area contributed by atoms with Crippen LogP contribution in [0, 0.1) is 0 Å². The summed E-state index contributed by atoms with van der Waals surface area (Å²) in [5.41, 5.74) is 2.09. The van der Waals surface area contributed by atoms with Gasteiger partial charge in [-0.05, 0) is 47.9 Å². The highest BCUT2D eigenvalue weighted by Crippen LogP contribution is 2.37. The number of rotatable bonds is 5. The second-order valence-corrected chi connectivity index (χ2v) is 8.77. The third-order valence-corrected chi connectivity index (χ3v) is 6.52. The van der Waals surface area contributed by atoms with E-state index in [1.807, 2.05) is 12.1 Å². The molecule has 0 spiro atoms. The number of anilines is 1. The lowest BCUT2D eigenvalue weighted by molar-refractivity contribution is -0.126. The summed E-state index contributed by atoms with van der Waals surface area (Å²) in [4.78, 5) is 39.6. The Morgan fingerprint density at radius 2 is 1.78 bits per heavy atom. The van der Waals surface area contributed by atoms with Crippen LogP contribution in [0.2, 0.25) is 5.02 Å². The zero-order chi connectivity index (χ0) is 22.7. The first-order valence-electron chi connectivity index (χ1n) is 9.89. The van der Waals surface area contributed by atoms with Gasteiger partial charge in [0, 0.05) is 28.1 Å². The highest BCUT2D eigenvalue weighted by atomic mass is 35.5. The predicted octanol–water partition coefficient (Wildman–Crippen LogP) is 4.95. The van der Waals surface area contributed by atoms with Crippen LogP contribution in [0.25, 0.3) is 6.08 Å².